The van der Waals surface area contributed by atoms with Crippen molar-refractivity contribution in [3.05, 3.63) is 28.8 Å². The largest absolute Gasteiger partial charge is 0.478 e. The van der Waals surface area contributed by atoms with E-state index in [0.717, 1.165) is 5.75 Å². The molecule has 1 saturated heterocycles. The fourth-order valence-corrected chi connectivity index (χ4v) is 2.91. The van der Waals surface area contributed by atoms with E-state index in [-0.39, 0.29) is 28.8 Å². The fraction of sp³-hybridized carbons (Fsp3) is 0.308. The maximum atomic E-state index is 11.9. The van der Waals surface area contributed by atoms with Crippen molar-refractivity contribution in [3.63, 3.8) is 0 Å². The highest BCUT2D eigenvalue weighted by molar-refractivity contribution is 8.13. The Morgan fingerprint density at radius 3 is 2.81 bits per heavy atom. The number of rotatable bonds is 5. The summed E-state index contributed by atoms with van der Waals surface area (Å²) < 4.78 is 0. The van der Waals surface area contributed by atoms with E-state index in [1.165, 1.54) is 30.0 Å². The lowest BCUT2D eigenvalue weighted by Crippen LogP contribution is -2.28. The maximum absolute atomic E-state index is 11.9. The van der Waals surface area contributed by atoms with Crippen LogP contribution >= 0.6 is 23.4 Å². The summed E-state index contributed by atoms with van der Waals surface area (Å²) in [5.74, 6) is -0.768. The van der Waals surface area contributed by atoms with Gasteiger partial charge in [0.15, 0.2) is 0 Å². The van der Waals surface area contributed by atoms with E-state index in [9.17, 15) is 14.4 Å². The second-order valence-corrected chi connectivity index (χ2v) is 5.88. The van der Waals surface area contributed by atoms with Gasteiger partial charge in [0.25, 0.3) is 5.24 Å². The molecule has 2 N–H and O–H groups in total. The summed E-state index contributed by atoms with van der Waals surface area (Å²) in [5.41, 5.74) is 0.127. The normalized spacial score (nSPS) is 14.3. The molecule has 0 atom stereocenters. The van der Waals surface area contributed by atoms with Gasteiger partial charge >= 0.3 is 5.97 Å². The van der Waals surface area contributed by atoms with Crippen molar-refractivity contribution in [2.45, 2.75) is 6.42 Å². The van der Waals surface area contributed by atoms with Crippen LogP contribution in [0.4, 0.5) is 10.5 Å². The molecule has 1 fully saturated rings. The molecule has 0 bridgehead atoms. The number of amides is 2. The van der Waals surface area contributed by atoms with E-state index >= 15 is 0 Å². The molecule has 2 amide bonds. The number of carbonyl (C=O) groups is 3. The minimum absolute atomic E-state index is 0.0273. The van der Waals surface area contributed by atoms with Gasteiger partial charge in [0.1, 0.15) is 0 Å². The summed E-state index contributed by atoms with van der Waals surface area (Å²) in [6, 6.07) is 4.17. The molecule has 0 spiro atoms. The molecule has 0 unspecified atom stereocenters. The van der Waals surface area contributed by atoms with Crippen molar-refractivity contribution >= 4 is 46.2 Å². The van der Waals surface area contributed by atoms with E-state index in [4.69, 9.17) is 16.7 Å². The van der Waals surface area contributed by atoms with Crippen LogP contribution in [0.5, 0.6) is 0 Å². The minimum Gasteiger partial charge on any atom is -0.478 e. The molecular weight excluding hydrogens is 316 g/mol. The zero-order valence-electron chi connectivity index (χ0n) is 11.0. The highest BCUT2D eigenvalue weighted by atomic mass is 35.5. The lowest BCUT2D eigenvalue weighted by atomic mass is 10.1. The van der Waals surface area contributed by atoms with Gasteiger partial charge in [0, 0.05) is 30.3 Å². The highest BCUT2D eigenvalue weighted by Gasteiger charge is 2.21. The van der Waals surface area contributed by atoms with Crippen LogP contribution in [0.3, 0.4) is 0 Å². The zero-order valence-corrected chi connectivity index (χ0v) is 12.5. The predicted molar refractivity (Wildman–Crippen MR) is 81.1 cm³/mol. The molecule has 6 nitrogen and oxygen atoms in total. The number of hydrogen-bond donors (Lipinski definition) is 2. The highest BCUT2D eigenvalue weighted by Crippen LogP contribution is 2.22. The molecule has 112 valence electrons. The average molecular weight is 329 g/mol. The molecule has 0 aliphatic carbocycles. The third-order valence-electron chi connectivity index (χ3n) is 2.94. The van der Waals surface area contributed by atoms with Crippen LogP contribution < -0.4 is 5.32 Å². The number of carboxylic acid groups (broad SMARTS) is 1. The second kappa shape index (κ2) is 6.82. The monoisotopic (exact) mass is 328 g/mol. The van der Waals surface area contributed by atoms with E-state index in [0.29, 0.717) is 18.1 Å². The van der Waals surface area contributed by atoms with Crippen molar-refractivity contribution in [1.82, 2.24) is 4.90 Å². The molecule has 8 heteroatoms. The Bertz CT molecular complexity index is 594. The quantitative estimate of drug-likeness (QED) is 0.867. The lowest BCUT2D eigenvalue weighted by molar-refractivity contribution is -0.116. The Labute approximate surface area is 130 Å². The molecule has 1 aliphatic rings. The molecule has 2 rings (SSSR count). The number of benzene rings is 1. The smallest absolute Gasteiger partial charge is 0.337 e. The van der Waals surface area contributed by atoms with Gasteiger partial charge in [0.05, 0.1) is 11.3 Å². The Morgan fingerprint density at radius 1 is 1.43 bits per heavy atom. The Balaban J connectivity index is 1.97. The van der Waals surface area contributed by atoms with Crippen molar-refractivity contribution in [2.75, 3.05) is 24.2 Å². The summed E-state index contributed by atoms with van der Waals surface area (Å²) in [6.45, 7) is 0.953. The van der Waals surface area contributed by atoms with E-state index < -0.39 is 5.97 Å². The van der Waals surface area contributed by atoms with E-state index in [2.05, 4.69) is 5.32 Å². The van der Waals surface area contributed by atoms with Gasteiger partial charge in [-0.05, 0) is 18.2 Å². The minimum atomic E-state index is -1.15. The maximum Gasteiger partial charge on any atom is 0.337 e. The molecule has 0 aromatic heterocycles. The SMILES string of the molecule is O=C(CCN1CCSC1=O)Nc1cc(Cl)ccc1C(=O)O. The van der Waals surface area contributed by atoms with Crippen molar-refractivity contribution in [2.24, 2.45) is 0 Å². The first-order valence-corrected chi connectivity index (χ1v) is 7.58. The van der Waals surface area contributed by atoms with Gasteiger partial charge in [-0.1, -0.05) is 23.4 Å². The number of nitrogens with one attached hydrogen (secondary N) is 1. The van der Waals surface area contributed by atoms with Crippen LogP contribution in [0.1, 0.15) is 16.8 Å². The fourth-order valence-electron chi connectivity index (χ4n) is 1.88. The summed E-state index contributed by atoms with van der Waals surface area (Å²) in [5, 5.41) is 11.9. The summed E-state index contributed by atoms with van der Waals surface area (Å²) in [7, 11) is 0. The van der Waals surface area contributed by atoms with Crippen LogP contribution in [-0.4, -0.2) is 46.0 Å². The Morgan fingerprint density at radius 2 is 2.19 bits per heavy atom. The molecule has 1 aromatic rings. The zero-order chi connectivity index (χ0) is 15.4. The van der Waals surface area contributed by atoms with Gasteiger partial charge < -0.3 is 15.3 Å². The van der Waals surface area contributed by atoms with Crippen LogP contribution in [0, 0.1) is 0 Å². The molecule has 1 aromatic carbocycles. The molecule has 0 saturated carbocycles. The average Bonchev–Trinajstić information content (AvgIpc) is 2.81. The molecule has 21 heavy (non-hydrogen) atoms. The number of halogens is 1. The Hall–Kier alpha value is -1.73. The molecule has 1 aliphatic heterocycles. The topological polar surface area (TPSA) is 86.7 Å². The molecular formula is C13H13ClN2O4S. The van der Waals surface area contributed by atoms with Crippen LogP contribution in [0.2, 0.25) is 5.02 Å². The predicted octanol–water partition coefficient (Wildman–Crippen LogP) is 2.54. The lowest BCUT2D eigenvalue weighted by Gasteiger charge is -2.14. The van der Waals surface area contributed by atoms with Crippen LogP contribution in [-0.2, 0) is 4.79 Å². The number of aromatic carboxylic acids is 1. The number of hydrogen-bond acceptors (Lipinski definition) is 4. The third kappa shape index (κ3) is 4.12. The number of nitrogens with zero attached hydrogens (tertiary/aromatic N) is 1. The van der Waals surface area contributed by atoms with Gasteiger partial charge in [0.2, 0.25) is 5.91 Å². The number of carbonyl (C=O) groups excluding carboxylic acids is 2. The first kappa shape index (κ1) is 15.7. The van der Waals surface area contributed by atoms with Crippen molar-refractivity contribution in [1.29, 1.82) is 0 Å². The molecule has 0 radical (unpaired) electrons. The summed E-state index contributed by atoms with van der Waals surface area (Å²) in [6.07, 6.45) is 0.109. The summed E-state index contributed by atoms with van der Waals surface area (Å²) in [4.78, 5) is 35.9. The number of anilines is 1. The first-order chi connectivity index (χ1) is 9.97. The van der Waals surface area contributed by atoms with E-state index in [1.54, 1.807) is 4.90 Å². The van der Waals surface area contributed by atoms with E-state index in [1.807, 2.05) is 0 Å². The Kier molecular flexibility index (Phi) is 5.08. The standard InChI is InChI=1S/C13H13ClN2O4S/c14-8-1-2-9(12(18)19)10(7-8)15-11(17)3-4-16-5-6-21-13(16)20/h1-2,7H,3-6H2,(H,15,17)(H,18,19). The summed E-state index contributed by atoms with van der Waals surface area (Å²) >= 11 is 7.03. The van der Waals surface area contributed by atoms with Gasteiger partial charge in [-0.3, -0.25) is 9.59 Å². The second-order valence-electron chi connectivity index (χ2n) is 4.39. The van der Waals surface area contributed by atoms with Crippen molar-refractivity contribution < 1.29 is 19.5 Å². The molecule has 1 heterocycles. The van der Waals surface area contributed by atoms with Crippen LogP contribution in [0.25, 0.3) is 0 Å². The van der Waals surface area contributed by atoms with Crippen LogP contribution in [0.15, 0.2) is 18.2 Å². The van der Waals surface area contributed by atoms with Gasteiger partial charge in [-0.15, -0.1) is 0 Å². The van der Waals surface area contributed by atoms with Crippen molar-refractivity contribution in [3.8, 4) is 0 Å². The number of thioether (sulfide) groups is 1. The number of carboxylic acids is 1. The first-order valence-electron chi connectivity index (χ1n) is 6.22. The van der Waals surface area contributed by atoms with Gasteiger partial charge in [-0.2, -0.15) is 0 Å². The van der Waals surface area contributed by atoms with Gasteiger partial charge in [-0.25, -0.2) is 4.79 Å². The third-order valence-corrected chi connectivity index (χ3v) is 4.07.